The number of aromatic nitrogens is 1. The lowest BCUT2D eigenvalue weighted by atomic mass is 9.44. The molecule has 3 nitrogen and oxygen atoms in total. The molecule has 9 aliphatic carbocycles. The van der Waals surface area contributed by atoms with E-state index in [1.807, 2.05) is 0 Å². The van der Waals surface area contributed by atoms with E-state index in [2.05, 4.69) is 191 Å². The SMILES string of the molecule is CC(C)(C)c1ccc(N2c3cc4c(oc5ccccc54)c4c3B(c3c2sc2cc5c(cc32)C(C)(C)CCC5(C)C)n2c3ccc(C56CC7CC(CC(C7)C5)C6)cc3c3cc(C56CC7CC(CC(C7)C5)C6)cc-4c32)c(-c2ccccc2)c1. The maximum atomic E-state index is 7.53. The van der Waals surface area contributed by atoms with Gasteiger partial charge in [-0.1, -0.05) is 109 Å². The van der Waals surface area contributed by atoms with Crippen LogP contribution in [0.1, 0.15) is 166 Å². The first-order valence-corrected chi connectivity index (χ1v) is 32.6. The molecule has 11 aliphatic rings. The van der Waals surface area contributed by atoms with Gasteiger partial charge in [0, 0.05) is 59.7 Å². The van der Waals surface area contributed by atoms with Gasteiger partial charge >= 0.3 is 6.85 Å². The number of anilines is 3. The van der Waals surface area contributed by atoms with Gasteiger partial charge in [-0.15, -0.1) is 11.3 Å². The van der Waals surface area contributed by atoms with Crippen molar-refractivity contribution in [2.45, 2.75) is 165 Å². The number of furan rings is 1. The van der Waals surface area contributed by atoms with Crippen molar-refractivity contribution in [2.24, 2.45) is 35.5 Å². The zero-order valence-corrected chi connectivity index (χ0v) is 49.5. The van der Waals surface area contributed by atoms with Gasteiger partial charge in [0.2, 0.25) is 0 Å². The Bertz CT molecular complexity index is 4370. The molecule has 0 N–H and O–H groups in total. The summed E-state index contributed by atoms with van der Waals surface area (Å²) in [4.78, 5) is 2.78. The topological polar surface area (TPSA) is 21.3 Å². The highest BCUT2D eigenvalue weighted by Gasteiger charge is 2.55. The molecular formula is C76H75BN2OS. The molecule has 0 amide bonds. The van der Waals surface area contributed by atoms with Crippen molar-refractivity contribution >= 4 is 99.3 Å². The second kappa shape index (κ2) is 15.6. The van der Waals surface area contributed by atoms with Crippen LogP contribution < -0.4 is 15.8 Å². The van der Waals surface area contributed by atoms with E-state index in [9.17, 15) is 0 Å². The van der Waals surface area contributed by atoms with Crippen LogP contribution in [0.4, 0.5) is 16.4 Å². The molecule has 0 radical (unpaired) electrons. The van der Waals surface area contributed by atoms with E-state index in [0.717, 1.165) is 46.7 Å². The van der Waals surface area contributed by atoms with Crippen molar-refractivity contribution in [3.8, 4) is 22.3 Å². The van der Waals surface area contributed by atoms with Gasteiger partial charge < -0.3 is 13.8 Å². The minimum Gasteiger partial charge on any atom is -0.455 e. The molecule has 5 heterocycles. The van der Waals surface area contributed by atoms with Crippen LogP contribution in [0.25, 0.3) is 76.1 Å². The first-order chi connectivity index (χ1) is 39.1. The third kappa shape index (κ3) is 6.33. The van der Waals surface area contributed by atoms with E-state index < -0.39 is 0 Å². The van der Waals surface area contributed by atoms with E-state index in [1.165, 1.54) is 199 Å². The average Bonchev–Trinajstić information content (AvgIpc) is 2.27. The molecule has 8 bridgehead atoms. The standard InChI is InChI=1S/C76H75BN2OS/c1-72(2,3)49-17-19-61(53(29-49)48-13-9-8-10-14-48)78-63-34-56-52-15-11-12-16-64(52)80-70(56)66-58-32-51(76-39-45-26-46(40-76)28-47(27-45)41-76)31-55-54-30-50(75-36-42-23-43(37-75)25-44(24-42)38-75)18-20-62(54)79(69(55)58)77(68(63)66)67-57-33-59-60(35-65(57)81-71(67)78)74(6,7)22-21-73(59,4)5/h8-20,29-35,42-47H,21-28,36-41H2,1-7H3. The molecule has 81 heavy (non-hydrogen) atoms. The molecule has 0 saturated heterocycles. The molecule has 7 aromatic carbocycles. The summed E-state index contributed by atoms with van der Waals surface area (Å²) < 4.78 is 11.9. The zero-order valence-electron chi connectivity index (χ0n) is 48.7. The molecule has 3 aromatic heterocycles. The molecular weight excluding hydrogens is 1000 g/mol. The smallest absolute Gasteiger partial charge is 0.334 e. The predicted octanol–water partition coefficient (Wildman–Crippen LogP) is 19.6. The molecule has 2 aliphatic heterocycles. The quantitative estimate of drug-likeness (QED) is 0.164. The fraction of sp³-hybridized carbons (Fsp3) is 0.421. The van der Waals surface area contributed by atoms with Gasteiger partial charge in [-0.3, -0.25) is 0 Å². The Morgan fingerprint density at radius 2 is 1.15 bits per heavy atom. The van der Waals surface area contributed by atoms with Crippen LogP contribution in [0.2, 0.25) is 0 Å². The highest BCUT2D eigenvalue weighted by atomic mass is 32.1. The third-order valence-corrected chi connectivity index (χ3v) is 25.4. The number of thiophene rings is 1. The second-order valence-electron chi connectivity index (χ2n) is 31.1. The Labute approximate surface area is 482 Å². The molecule has 21 rings (SSSR count). The Morgan fingerprint density at radius 1 is 0.531 bits per heavy atom. The van der Waals surface area contributed by atoms with Crippen molar-refractivity contribution in [3.63, 3.8) is 0 Å². The Kier molecular flexibility index (Phi) is 9.13. The van der Waals surface area contributed by atoms with Crippen LogP contribution in [0.3, 0.4) is 0 Å². The normalized spacial score (nSPS) is 28.7. The van der Waals surface area contributed by atoms with Crippen molar-refractivity contribution in [2.75, 3.05) is 4.90 Å². The van der Waals surface area contributed by atoms with Gasteiger partial charge in [0.05, 0.1) is 10.7 Å². The molecule has 404 valence electrons. The van der Waals surface area contributed by atoms with Gasteiger partial charge in [-0.05, 0) is 263 Å². The first-order valence-electron chi connectivity index (χ1n) is 31.8. The van der Waals surface area contributed by atoms with E-state index in [-0.39, 0.29) is 28.5 Å². The van der Waals surface area contributed by atoms with Crippen molar-refractivity contribution in [3.05, 3.63) is 149 Å². The summed E-state index contributed by atoms with van der Waals surface area (Å²) in [6.45, 7) is 17.1. The largest absolute Gasteiger partial charge is 0.455 e. The van der Waals surface area contributed by atoms with Crippen molar-refractivity contribution in [1.29, 1.82) is 0 Å². The monoisotopic (exact) mass is 1070 g/mol. The summed E-state index contributed by atoms with van der Waals surface area (Å²) in [7, 11) is 0. The number of fused-ring (bicyclic) bond motifs is 14. The van der Waals surface area contributed by atoms with Gasteiger partial charge in [-0.2, -0.15) is 0 Å². The number of benzene rings is 7. The van der Waals surface area contributed by atoms with Crippen LogP contribution in [0, 0.1) is 35.5 Å². The molecule has 5 heteroatoms. The maximum Gasteiger partial charge on any atom is 0.334 e. The highest BCUT2D eigenvalue weighted by Crippen LogP contribution is 2.64. The Hall–Kier alpha value is -6.04. The fourth-order valence-corrected chi connectivity index (χ4v) is 22.5. The average molecular weight is 1080 g/mol. The Balaban J connectivity index is 0.981. The first kappa shape index (κ1) is 47.5. The fourth-order valence-electron chi connectivity index (χ4n) is 21.2. The molecule has 10 aromatic rings. The minimum atomic E-state index is -0.0808. The van der Waals surface area contributed by atoms with Gasteiger partial charge in [0.1, 0.15) is 11.2 Å². The van der Waals surface area contributed by atoms with Crippen LogP contribution in [0.15, 0.2) is 126 Å². The molecule has 0 unspecified atom stereocenters. The van der Waals surface area contributed by atoms with Crippen LogP contribution in [-0.2, 0) is 27.1 Å². The van der Waals surface area contributed by atoms with Gasteiger partial charge in [-0.25, -0.2) is 0 Å². The van der Waals surface area contributed by atoms with Gasteiger partial charge in [0.25, 0.3) is 0 Å². The lowest BCUT2D eigenvalue weighted by Crippen LogP contribution is -2.56. The predicted molar refractivity (Wildman–Crippen MR) is 342 cm³/mol. The second-order valence-corrected chi connectivity index (χ2v) is 32.2. The number of para-hydroxylation sites is 1. The molecule has 8 fully saturated rings. The molecule has 0 spiro atoms. The lowest BCUT2D eigenvalue weighted by Gasteiger charge is -2.57. The summed E-state index contributed by atoms with van der Waals surface area (Å²) in [5, 5.41) is 8.20. The van der Waals surface area contributed by atoms with Crippen molar-refractivity contribution < 1.29 is 4.42 Å². The number of hydrogen-bond donors (Lipinski definition) is 0. The Morgan fingerprint density at radius 3 is 1.81 bits per heavy atom. The number of nitrogens with zero attached hydrogens (tertiary/aromatic N) is 2. The number of rotatable bonds is 4. The summed E-state index contributed by atoms with van der Waals surface area (Å²) in [6.07, 6.45) is 19.3. The number of hydrogen-bond acceptors (Lipinski definition) is 3. The third-order valence-electron chi connectivity index (χ3n) is 24.3. The highest BCUT2D eigenvalue weighted by molar-refractivity contribution is 7.26. The lowest BCUT2D eigenvalue weighted by molar-refractivity contribution is -0.00527. The van der Waals surface area contributed by atoms with E-state index in [1.54, 1.807) is 11.1 Å². The van der Waals surface area contributed by atoms with E-state index in [0.29, 0.717) is 5.41 Å². The van der Waals surface area contributed by atoms with E-state index in [4.69, 9.17) is 4.42 Å². The molecule has 8 saturated carbocycles. The summed E-state index contributed by atoms with van der Waals surface area (Å²) >= 11 is 2.05. The van der Waals surface area contributed by atoms with Crippen LogP contribution in [0.5, 0.6) is 0 Å². The van der Waals surface area contributed by atoms with Crippen molar-refractivity contribution in [1.82, 2.24) is 4.48 Å². The minimum absolute atomic E-state index is 0.0290. The summed E-state index contributed by atoms with van der Waals surface area (Å²) in [5.41, 5.74) is 23.9. The maximum absolute atomic E-state index is 7.53. The zero-order chi connectivity index (χ0) is 54.0. The summed E-state index contributed by atoms with van der Waals surface area (Å²) in [6, 6.07) is 49.5. The summed E-state index contributed by atoms with van der Waals surface area (Å²) in [5.74, 6) is 5.25. The van der Waals surface area contributed by atoms with Crippen LogP contribution in [-0.4, -0.2) is 11.3 Å². The molecule has 0 atom stereocenters. The van der Waals surface area contributed by atoms with Gasteiger partial charge in [0.15, 0.2) is 0 Å². The van der Waals surface area contributed by atoms with Crippen LogP contribution >= 0.6 is 11.3 Å². The van der Waals surface area contributed by atoms with E-state index >= 15 is 0 Å².